The molecule has 0 fully saturated rings. The number of halogens is 1. The largest absolute Gasteiger partial charge is 0.396 e. The third kappa shape index (κ3) is 5.37. The van der Waals surface area contributed by atoms with E-state index in [1.54, 1.807) is 6.07 Å². The second-order valence-electron chi connectivity index (χ2n) is 4.62. The van der Waals surface area contributed by atoms with Crippen LogP contribution in [0.5, 0.6) is 0 Å². The first kappa shape index (κ1) is 15.6. The van der Waals surface area contributed by atoms with Crippen LogP contribution in [0.15, 0.2) is 18.2 Å². The molecular formula is C15H21FN2O. The molecule has 1 aromatic carbocycles. The summed E-state index contributed by atoms with van der Waals surface area (Å²) in [5, 5.41) is 17.9. The van der Waals surface area contributed by atoms with Crippen LogP contribution in [0.4, 0.5) is 4.39 Å². The SMILES string of the molecule is CCCCN(CCCO)Cc1ccc(F)cc1C#N. The van der Waals surface area contributed by atoms with Crippen molar-refractivity contribution in [3.05, 3.63) is 35.1 Å². The van der Waals surface area contributed by atoms with Crippen LogP contribution in [0.3, 0.4) is 0 Å². The summed E-state index contributed by atoms with van der Waals surface area (Å²) >= 11 is 0. The maximum Gasteiger partial charge on any atom is 0.124 e. The van der Waals surface area contributed by atoms with Crippen molar-refractivity contribution in [2.75, 3.05) is 19.7 Å². The van der Waals surface area contributed by atoms with Crippen molar-refractivity contribution in [3.8, 4) is 6.07 Å². The van der Waals surface area contributed by atoms with Crippen LogP contribution >= 0.6 is 0 Å². The molecule has 0 heterocycles. The molecule has 0 unspecified atom stereocenters. The molecule has 1 N–H and O–H groups in total. The molecule has 104 valence electrons. The van der Waals surface area contributed by atoms with Gasteiger partial charge in [-0.25, -0.2) is 4.39 Å². The van der Waals surface area contributed by atoms with Crippen LogP contribution in [0.1, 0.15) is 37.3 Å². The Hall–Kier alpha value is -1.44. The minimum absolute atomic E-state index is 0.164. The van der Waals surface area contributed by atoms with Crippen LogP contribution in [-0.4, -0.2) is 29.7 Å². The van der Waals surface area contributed by atoms with Gasteiger partial charge in [0, 0.05) is 19.7 Å². The molecule has 1 aromatic rings. The second-order valence-corrected chi connectivity index (χ2v) is 4.62. The summed E-state index contributed by atoms with van der Waals surface area (Å²) in [7, 11) is 0. The van der Waals surface area contributed by atoms with E-state index in [2.05, 4.69) is 11.8 Å². The summed E-state index contributed by atoms with van der Waals surface area (Å²) in [5.41, 5.74) is 1.24. The van der Waals surface area contributed by atoms with Crippen LogP contribution < -0.4 is 0 Å². The van der Waals surface area contributed by atoms with Gasteiger partial charge in [0.1, 0.15) is 5.82 Å². The molecule has 0 amide bonds. The van der Waals surface area contributed by atoms with Gasteiger partial charge in [0.2, 0.25) is 0 Å². The van der Waals surface area contributed by atoms with Gasteiger partial charge >= 0.3 is 0 Å². The molecule has 3 nitrogen and oxygen atoms in total. The molecule has 0 aliphatic rings. The fourth-order valence-corrected chi connectivity index (χ4v) is 1.98. The number of benzene rings is 1. The molecule has 0 atom stereocenters. The number of rotatable bonds is 8. The van der Waals surface area contributed by atoms with Gasteiger partial charge in [0.05, 0.1) is 11.6 Å². The molecule has 0 aromatic heterocycles. The number of aliphatic hydroxyl groups is 1. The zero-order valence-corrected chi connectivity index (χ0v) is 11.4. The van der Waals surface area contributed by atoms with Gasteiger partial charge < -0.3 is 5.11 Å². The number of unbranched alkanes of at least 4 members (excludes halogenated alkanes) is 1. The number of hydrogen-bond donors (Lipinski definition) is 1. The smallest absolute Gasteiger partial charge is 0.124 e. The highest BCUT2D eigenvalue weighted by molar-refractivity contribution is 5.37. The van der Waals surface area contributed by atoms with E-state index in [0.29, 0.717) is 18.5 Å². The van der Waals surface area contributed by atoms with E-state index in [0.717, 1.165) is 31.5 Å². The van der Waals surface area contributed by atoms with E-state index >= 15 is 0 Å². The summed E-state index contributed by atoms with van der Waals surface area (Å²) < 4.78 is 13.1. The summed E-state index contributed by atoms with van der Waals surface area (Å²) in [4.78, 5) is 2.20. The van der Waals surface area contributed by atoms with Crippen molar-refractivity contribution in [1.29, 1.82) is 5.26 Å². The molecule has 0 spiro atoms. The molecule has 4 heteroatoms. The Kier molecular flexibility index (Phi) is 7.09. The van der Waals surface area contributed by atoms with E-state index in [-0.39, 0.29) is 12.4 Å². The first-order valence-electron chi connectivity index (χ1n) is 6.73. The number of nitriles is 1. The van der Waals surface area contributed by atoms with Crippen molar-refractivity contribution in [2.24, 2.45) is 0 Å². The van der Waals surface area contributed by atoms with Gasteiger partial charge in [-0.1, -0.05) is 19.4 Å². The lowest BCUT2D eigenvalue weighted by molar-refractivity contribution is 0.216. The van der Waals surface area contributed by atoms with Gasteiger partial charge in [-0.2, -0.15) is 5.26 Å². The van der Waals surface area contributed by atoms with Gasteiger partial charge in [-0.15, -0.1) is 0 Å². The predicted molar refractivity (Wildman–Crippen MR) is 73.0 cm³/mol. The van der Waals surface area contributed by atoms with Crippen molar-refractivity contribution in [2.45, 2.75) is 32.7 Å². The fraction of sp³-hybridized carbons (Fsp3) is 0.533. The normalized spacial score (nSPS) is 10.7. The molecule has 19 heavy (non-hydrogen) atoms. The third-order valence-electron chi connectivity index (χ3n) is 3.05. The number of hydrogen-bond acceptors (Lipinski definition) is 3. The maximum atomic E-state index is 13.1. The topological polar surface area (TPSA) is 47.3 Å². The minimum Gasteiger partial charge on any atom is -0.396 e. The van der Waals surface area contributed by atoms with E-state index < -0.39 is 0 Å². The molecule has 0 saturated carbocycles. The minimum atomic E-state index is -0.379. The lowest BCUT2D eigenvalue weighted by Crippen LogP contribution is -2.26. The lowest BCUT2D eigenvalue weighted by atomic mass is 10.1. The lowest BCUT2D eigenvalue weighted by Gasteiger charge is -2.22. The molecule has 0 aliphatic heterocycles. The molecular weight excluding hydrogens is 243 g/mol. The van der Waals surface area contributed by atoms with Gasteiger partial charge in [-0.3, -0.25) is 4.90 Å². The van der Waals surface area contributed by atoms with Crippen molar-refractivity contribution in [3.63, 3.8) is 0 Å². The highest BCUT2D eigenvalue weighted by Gasteiger charge is 2.09. The van der Waals surface area contributed by atoms with Gasteiger partial charge in [-0.05, 0) is 37.1 Å². The van der Waals surface area contributed by atoms with Crippen molar-refractivity contribution < 1.29 is 9.50 Å². The summed E-state index contributed by atoms with van der Waals surface area (Å²) in [5.74, 6) is -0.379. The maximum absolute atomic E-state index is 13.1. The average molecular weight is 264 g/mol. The van der Waals surface area contributed by atoms with Crippen LogP contribution in [0.2, 0.25) is 0 Å². The van der Waals surface area contributed by atoms with Crippen molar-refractivity contribution >= 4 is 0 Å². The number of aliphatic hydroxyl groups excluding tert-OH is 1. The standard InChI is InChI=1S/C15H21FN2O/c1-2-3-7-18(8-4-9-19)12-13-5-6-15(16)10-14(13)11-17/h5-6,10,19H,2-4,7-9,12H2,1H3. The Morgan fingerprint density at radius 3 is 2.68 bits per heavy atom. The highest BCUT2D eigenvalue weighted by Crippen LogP contribution is 2.14. The average Bonchev–Trinajstić information content (AvgIpc) is 2.43. The molecule has 0 radical (unpaired) electrons. The predicted octanol–water partition coefficient (Wildman–Crippen LogP) is 2.68. The van der Waals surface area contributed by atoms with E-state index in [1.807, 2.05) is 6.07 Å². The quantitative estimate of drug-likeness (QED) is 0.785. The zero-order chi connectivity index (χ0) is 14.1. The van der Waals surface area contributed by atoms with E-state index in [1.165, 1.54) is 12.1 Å². The highest BCUT2D eigenvalue weighted by atomic mass is 19.1. The van der Waals surface area contributed by atoms with Gasteiger partial charge in [0.15, 0.2) is 0 Å². The Morgan fingerprint density at radius 2 is 2.05 bits per heavy atom. The molecule has 1 rings (SSSR count). The Labute approximate surface area is 114 Å². The summed E-state index contributed by atoms with van der Waals surface area (Å²) in [6, 6.07) is 6.38. The fourth-order valence-electron chi connectivity index (χ4n) is 1.98. The first-order valence-corrected chi connectivity index (χ1v) is 6.73. The van der Waals surface area contributed by atoms with Gasteiger partial charge in [0.25, 0.3) is 0 Å². The van der Waals surface area contributed by atoms with E-state index in [4.69, 9.17) is 10.4 Å². The molecule has 0 bridgehead atoms. The van der Waals surface area contributed by atoms with Crippen LogP contribution in [-0.2, 0) is 6.54 Å². The first-order chi connectivity index (χ1) is 9.21. The monoisotopic (exact) mass is 264 g/mol. The second kappa shape index (κ2) is 8.63. The van der Waals surface area contributed by atoms with E-state index in [9.17, 15) is 4.39 Å². The Balaban J connectivity index is 2.74. The Morgan fingerprint density at radius 1 is 1.32 bits per heavy atom. The van der Waals surface area contributed by atoms with Crippen LogP contribution in [0.25, 0.3) is 0 Å². The zero-order valence-electron chi connectivity index (χ0n) is 11.4. The van der Waals surface area contributed by atoms with Crippen molar-refractivity contribution in [1.82, 2.24) is 4.90 Å². The summed E-state index contributed by atoms with van der Waals surface area (Å²) in [6.07, 6.45) is 2.89. The summed E-state index contributed by atoms with van der Waals surface area (Å²) in [6.45, 7) is 4.64. The molecule has 0 saturated heterocycles. The molecule has 0 aliphatic carbocycles. The van der Waals surface area contributed by atoms with Crippen LogP contribution in [0, 0.1) is 17.1 Å². The third-order valence-corrected chi connectivity index (χ3v) is 3.05. The Bertz CT molecular complexity index is 421. The number of nitrogens with zero attached hydrogens (tertiary/aromatic N) is 2.